The molecule has 1 fully saturated rings. The molecule has 2 aromatic rings. The first kappa shape index (κ1) is 16.7. The quantitative estimate of drug-likeness (QED) is 0.519. The fourth-order valence-electron chi connectivity index (χ4n) is 2.27. The molecular formula is C18H14N2O4S. The summed E-state index contributed by atoms with van der Waals surface area (Å²) in [6.45, 7) is 0. The molecule has 6 nitrogen and oxygen atoms in total. The van der Waals surface area contributed by atoms with E-state index in [0.717, 1.165) is 0 Å². The molecule has 0 unspecified atom stereocenters. The summed E-state index contributed by atoms with van der Waals surface area (Å²) in [5, 5.41) is 2.56. The summed E-state index contributed by atoms with van der Waals surface area (Å²) >= 11 is 5.14. The number of rotatable bonds is 4. The molecular weight excluding hydrogens is 340 g/mol. The van der Waals surface area contributed by atoms with Gasteiger partial charge in [0.25, 0.3) is 11.8 Å². The minimum Gasteiger partial charge on any atom is -0.497 e. The predicted molar refractivity (Wildman–Crippen MR) is 97.0 cm³/mol. The van der Waals surface area contributed by atoms with Gasteiger partial charge in [-0.15, -0.1) is 0 Å². The molecule has 2 heterocycles. The van der Waals surface area contributed by atoms with Crippen molar-refractivity contribution in [2.45, 2.75) is 0 Å². The van der Waals surface area contributed by atoms with E-state index in [0.29, 0.717) is 17.2 Å². The fraction of sp³-hybridized carbons (Fsp3) is 0.0556. The smallest absolute Gasteiger partial charge is 0.270 e. The molecule has 0 spiro atoms. The number of nitrogens with one attached hydrogen (secondary N) is 1. The van der Waals surface area contributed by atoms with Crippen molar-refractivity contribution < 1.29 is 18.7 Å². The highest BCUT2D eigenvalue weighted by Gasteiger charge is 2.34. The molecule has 1 aliphatic heterocycles. The van der Waals surface area contributed by atoms with Crippen molar-refractivity contribution in [2.75, 3.05) is 12.0 Å². The average molecular weight is 354 g/mol. The zero-order chi connectivity index (χ0) is 17.8. The van der Waals surface area contributed by atoms with E-state index in [1.54, 1.807) is 55.7 Å². The van der Waals surface area contributed by atoms with Gasteiger partial charge in [-0.05, 0) is 60.8 Å². The van der Waals surface area contributed by atoms with Crippen LogP contribution in [0.1, 0.15) is 5.76 Å². The van der Waals surface area contributed by atoms with Gasteiger partial charge in [-0.1, -0.05) is 6.08 Å². The molecule has 1 aliphatic rings. The Morgan fingerprint density at radius 3 is 2.60 bits per heavy atom. The van der Waals surface area contributed by atoms with Gasteiger partial charge in [0.1, 0.15) is 17.1 Å². The number of nitrogens with zero attached hydrogens (tertiary/aromatic N) is 1. The summed E-state index contributed by atoms with van der Waals surface area (Å²) < 4.78 is 10.3. The second-order valence-electron chi connectivity index (χ2n) is 5.05. The molecule has 1 N–H and O–H groups in total. The number of benzene rings is 1. The Bertz CT molecular complexity index is 867. The van der Waals surface area contributed by atoms with Crippen molar-refractivity contribution in [3.8, 4) is 5.75 Å². The monoisotopic (exact) mass is 354 g/mol. The molecule has 0 atom stereocenters. The Morgan fingerprint density at radius 2 is 1.96 bits per heavy atom. The van der Waals surface area contributed by atoms with Gasteiger partial charge in [0.05, 0.1) is 19.1 Å². The maximum atomic E-state index is 12.7. The largest absolute Gasteiger partial charge is 0.497 e. The van der Waals surface area contributed by atoms with Crippen LogP contribution in [0.5, 0.6) is 5.75 Å². The summed E-state index contributed by atoms with van der Waals surface area (Å²) in [5.74, 6) is 0.232. The third-order valence-corrected chi connectivity index (χ3v) is 3.78. The van der Waals surface area contributed by atoms with Gasteiger partial charge >= 0.3 is 0 Å². The average Bonchev–Trinajstić information content (AvgIpc) is 3.11. The first-order valence-corrected chi connectivity index (χ1v) is 7.76. The third-order valence-electron chi connectivity index (χ3n) is 3.50. The number of furan rings is 1. The van der Waals surface area contributed by atoms with Crippen LogP contribution >= 0.6 is 12.2 Å². The van der Waals surface area contributed by atoms with Gasteiger partial charge < -0.3 is 9.15 Å². The highest BCUT2D eigenvalue weighted by Crippen LogP contribution is 2.23. The number of ether oxygens (including phenoxy) is 1. The topological polar surface area (TPSA) is 71.8 Å². The van der Waals surface area contributed by atoms with Gasteiger partial charge in [0.2, 0.25) is 0 Å². The second-order valence-corrected chi connectivity index (χ2v) is 5.44. The minimum atomic E-state index is -0.538. The van der Waals surface area contributed by atoms with Crippen LogP contribution in [0, 0.1) is 0 Å². The summed E-state index contributed by atoms with van der Waals surface area (Å²) in [6, 6.07) is 10.3. The number of hydrogen-bond acceptors (Lipinski definition) is 5. The van der Waals surface area contributed by atoms with Crippen LogP contribution in [0.4, 0.5) is 5.69 Å². The number of carbonyl (C=O) groups excluding carboxylic acids is 2. The van der Waals surface area contributed by atoms with Crippen LogP contribution in [0.2, 0.25) is 0 Å². The molecule has 1 saturated heterocycles. The molecule has 0 bridgehead atoms. The van der Waals surface area contributed by atoms with Crippen molar-refractivity contribution in [1.82, 2.24) is 5.32 Å². The maximum absolute atomic E-state index is 12.7. The lowest BCUT2D eigenvalue weighted by molar-refractivity contribution is -0.122. The molecule has 25 heavy (non-hydrogen) atoms. The van der Waals surface area contributed by atoms with Crippen LogP contribution in [0.15, 0.2) is 64.8 Å². The molecule has 0 aliphatic carbocycles. The lowest BCUT2D eigenvalue weighted by Crippen LogP contribution is -2.54. The number of amides is 2. The van der Waals surface area contributed by atoms with Crippen molar-refractivity contribution >= 4 is 40.9 Å². The van der Waals surface area contributed by atoms with Crippen molar-refractivity contribution in [3.05, 3.63) is 66.1 Å². The van der Waals surface area contributed by atoms with Crippen LogP contribution in [-0.2, 0) is 9.59 Å². The number of anilines is 1. The first-order valence-electron chi connectivity index (χ1n) is 7.36. The highest BCUT2D eigenvalue weighted by atomic mass is 32.1. The lowest BCUT2D eigenvalue weighted by Gasteiger charge is -2.28. The fourth-order valence-corrected chi connectivity index (χ4v) is 2.55. The molecule has 0 radical (unpaired) electrons. The summed E-state index contributed by atoms with van der Waals surface area (Å²) in [7, 11) is 1.55. The SMILES string of the molecule is COc1ccc(N2C(=O)/C(=C\C=C/c3ccco3)C(=O)NC2=S)cc1. The number of hydrogen-bond donors (Lipinski definition) is 1. The van der Waals surface area contributed by atoms with E-state index in [2.05, 4.69) is 5.32 Å². The maximum Gasteiger partial charge on any atom is 0.270 e. The second kappa shape index (κ2) is 7.14. The Labute approximate surface area is 149 Å². The van der Waals surface area contributed by atoms with Crippen molar-refractivity contribution in [1.29, 1.82) is 0 Å². The lowest BCUT2D eigenvalue weighted by atomic mass is 10.1. The first-order chi connectivity index (χ1) is 12.1. The van der Waals surface area contributed by atoms with Crippen LogP contribution in [0.3, 0.4) is 0 Å². The zero-order valence-corrected chi connectivity index (χ0v) is 14.1. The molecule has 126 valence electrons. The van der Waals surface area contributed by atoms with Gasteiger partial charge in [0, 0.05) is 0 Å². The standard InChI is InChI=1S/C18H14N2O4S/c1-23-13-9-7-12(8-10-13)20-17(22)15(16(21)19-18(20)25)6-2-4-14-5-3-11-24-14/h2-11H,1H3,(H,19,21,25)/b4-2-,15-6-. The van der Waals surface area contributed by atoms with E-state index in [4.69, 9.17) is 21.4 Å². The van der Waals surface area contributed by atoms with Gasteiger partial charge in [-0.2, -0.15) is 0 Å². The molecule has 0 saturated carbocycles. The van der Waals surface area contributed by atoms with Crippen molar-refractivity contribution in [2.24, 2.45) is 0 Å². The van der Waals surface area contributed by atoms with Crippen LogP contribution < -0.4 is 15.0 Å². The Balaban J connectivity index is 1.88. The third kappa shape index (κ3) is 3.51. The molecule has 1 aromatic heterocycles. The van der Waals surface area contributed by atoms with Gasteiger partial charge in [0.15, 0.2) is 5.11 Å². The zero-order valence-electron chi connectivity index (χ0n) is 13.3. The number of methoxy groups -OCH3 is 1. The number of carbonyl (C=O) groups is 2. The van der Waals surface area contributed by atoms with Gasteiger partial charge in [-0.3, -0.25) is 19.8 Å². The van der Waals surface area contributed by atoms with Crippen LogP contribution in [0.25, 0.3) is 6.08 Å². The van der Waals surface area contributed by atoms with E-state index in [1.807, 2.05) is 0 Å². The number of allylic oxidation sites excluding steroid dienone is 2. The highest BCUT2D eigenvalue weighted by molar-refractivity contribution is 7.80. The van der Waals surface area contributed by atoms with Gasteiger partial charge in [-0.25, -0.2) is 0 Å². The van der Waals surface area contributed by atoms with E-state index < -0.39 is 11.8 Å². The molecule has 1 aromatic carbocycles. The van der Waals surface area contributed by atoms with E-state index in [-0.39, 0.29) is 10.7 Å². The van der Waals surface area contributed by atoms with Crippen molar-refractivity contribution in [3.63, 3.8) is 0 Å². The van der Waals surface area contributed by atoms with E-state index in [1.165, 1.54) is 17.2 Å². The number of thiocarbonyl (C=S) groups is 1. The summed E-state index contributed by atoms with van der Waals surface area (Å²) in [4.78, 5) is 26.1. The Morgan fingerprint density at radius 1 is 1.20 bits per heavy atom. The minimum absolute atomic E-state index is 0.0211. The predicted octanol–water partition coefficient (Wildman–Crippen LogP) is 2.68. The van der Waals surface area contributed by atoms with E-state index in [9.17, 15) is 9.59 Å². The van der Waals surface area contributed by atoms with Crippen LogP contribution in [-0.4, -0.2) is 24.0 Å². The Kier molecular flexibility index (Phi) is 4.76. The summed E-state index contributed by atoms with van der Waals surface area (Å²) in [5.41, 5.74) is 0.518. The summed E-state index contributed by atoms with van der Waals surface area (Å²) in [6.07, 6.45) is 6.19. The molecule has 2 amide bonds. The molecule has 3 rings (SSSR count). The van der Waals surface area contributed by atoms with E-state index >= 15 is 0 Å². The normalized spacial score (nSPS) is 16.6. The molecule has 7 heteroatoms. The Hall–Kier alpha value is -3.19.